The molecule has 0 saturated heterocycles. The number of carbonyl (C=O) groups is 1. The van der Waals surface area contributed by atoms with Crippen LogP contribution in [-0.4, -0.2) is 46.0 Å². The minimum Gasteiger partial charge on any atom is -0.491 e. The quantitative estimate of drug-likeness (QED) is 0.376. The number of benzene rings is 2. The third-order valence-corrected chi connectivity index (χ3v) is 5.19. The molecular weight excluding hydrogens is 410 g/mol. The van der Waals surface area contributed by atoms with Gasteiger partial charge in [-0.1, -0.05) is 6.07 Å². The molecule has 30 heavy (non-hydrogen) atoms. The first-order chi connectivity index (χ1) is 14.4. The van der Waals surface area contributed by atoms with Gasteiger partial charge in [-0.05, 0) is 42.5 Å². The van der Waals surface area contributed by atoms with Gasteiger partial charge in [-0.15, -0.1) is 0 Å². The first-order valence-electron chi connectivity index (χ1n) is 9.00. The molecule has 3 rings (SSSR count). The van der Waals surface area contributed by atoms with Gasteiger partial charge in [-0.2, -0.15) is 0 Å². The van der Waals surface area contributed by atoms with E-state index in [2.05, 4.69) is 4.98 Å². The number of hydrogen-bond acceptors (Lipinski definition) is 8. The Morgan fingerprint density at radius 1 is 1.10 bits per heavy atom. The smallest absolute Gasteiger partial charge is 0.338 e. The second kappa shape index (κ2) is 9.55. The zero-order chi connectivity index (χ0) is 21.6. The number of sulfone groups is 1. The van der Waals surface area contributed by atoms with Crippen molar-refractivity contribution in [2.45, 2.75) is 11.5 Å². The van der Waals surface area contributed by atoms with Gasteiger partial charge < -0.3 is 18.6 Å². The fourth-order valence-electron chi connectivity index (χ4n) is 2.53. The molecular formula is C21H21NO7S. The average molecular weight is 431 g/mol. The zero-order valence-corrected chi connectivity index (χ0v) is 17.3. The Labute approximate surface area is 174 Å². The molecule has 0 aliphatic carbocycles. The molecule has 0 atom stereocenters. The lowest BCUT2D eigenvalue weighted by molar-refractivity contribution is 0.0467. The molecule has 0 amide bonds. The van der Waals surface area contributed by atoms with Gasteiger partial charge in [0, 0.05) is 18.9 Å². The minimum absolute atomic E-state index is 0.0709. The Bertz CT molecular complexity index is 1100. The van der Waals surface area contributed by atoms with Crippen LogP contribution in [0.2, 0.25) is 0 Å². The van der Waals surface area contributed by atoms with Crippen molar-refractivity contribution >= 4 is 15.8 Å². The SMILES string of the molecule is COCCOc1cccc(C(=O)OCc2coc(-c3ccc(S(C)(=O)=O)cc3)n2)c1. The summed E-state index contributed by atoms with van der Waals surface area (Å²) in [5, 5.41) is 0. The second-order valence-corrected chi connectivity index (χ2v) is 8.40. The van der Waals surface area contributed by atoms with E-state index in [0.717, 1.165) is 6.26 Å². The maximum Gasteiger partial charge on any atom is 0.338 e. The van der Waals surface area contributed by atoms with Crippen LogP contribution >= 0.6 is 0 Å². The van der Waals surface area contributed by atoms with Crippen LogP contribution in [-0.2, 0) is 25.9 Å². The Kier molecular flexibility index (Phi) is 6.86. The first kappa shape index (κ1) is 21.5. The molecule has 0 bridgehead atoms. The molecule has 0 fully saturated rings. The summed E-state index contributed by atoms with van der Waals surface area (Å²) < 4.78 is 44.2. The molecule has 0 unspecified atom stereocenters. The van der Waals surface area contributed by atoms with E-state index >= 15 is 0 Å². The molecule has 0 radical (unpaired) electrons. The highest BCUT2D eigenvalue weighted by atomic mass is 32.2. The maximum absolute atomic E-state index is 12.3. The number of carbonyl (C=O) groups excluding carboxylic acids is 1. The highest BCUT2D eigenvalue weighted by Gasteiger charge is 2.13. The van der Waals surface area contributed by atoms with Crippen LogP contribution in [0.1, 0.15) is 16.1 Å². The summed E-state index contributed by atoms with van der Waals surface area (Å²) in [7, 11) is -1.69. The number of esters is 1. The fraction of sp³-hybridized carbons (Fsp3) is 0.238. The molecule has 9 heteroatoms. The summed E-state index contributed by atoms with van der Waals surface area (Å²) in [5.41, 5.74) is 1.39. The van der Waals surface area contributed by atoms with Gasteiger partial charge in [-0.25, -0.2) is 18.2 Å². The number of aromatic nitrogens is 1. The van der Waals surface area contributed by atoms with Gasteiger partial charge in [0.2, 0.25) is 5.89 Å². The van der Waals surface area contributed by atoms with Crippen molar-refractivity contribution < 1.29 is 31.8 Å². The number of hydrogen-bond donors (Lipinski definition) is 0. The van der Waals surface area contributed by atoms with Crippen LogP contribution in [0.5, 0.6) is 5.75 Å². The van der Waals surface area contributed by atoms with E-state index in [9.17, 15) is 13.2 Å². The minimum atomic E-state index is -3.27. The predicted molar refractivity (Wildman–Crippen MR) is 108 cm³/mol. The fourth-order valence-corrected chi connectivity index (χ4v) is 3.16. The molecule has 0 spiro atoms. The van der Waals surface area contributed by atoms with E-state index in [0.29, 0.717) is 41.7 Å². The van der Waals surface area contributed by atoms with E-state index in [1.807, 2.05) is 0 Å². The molecule has 8 nitrogen and oxygen atoms in total. The largest absolute Gasteiger partial charge is 0.491 e. The van der Waals surface area contributed by atoms with Crippen molar-refractivity contribution in [1.29, 1.82) is 0 Å². The van der Waals surface area contributed by atoms with E-state index in [-0.39, 0.29) is 11.5 Å². The van der Waals surface area contributed by atoms with Gasteiger partial charge in [0.25, 0.3) is 0 Å². The lowest BCUT2D eigenvalue weighted by Gasteiger charge is -2.07. The third-order valence-electron chi connectivity index (χ3n) is 4.06. The summed E-state index contributed by atoms with van der Waals surface area (Å²) in [6.07, 6.45) is 2.53. The number of methoxy groups -OCH3 is 1. The molecule has 3 aromatic rings. The number of rotatable bonds is 9. The van der Waals surface area contributed by atoms with Gasteiger partial charge in [0.15, 0.2) is 9.84 Å². The lowest BCUT2D eigenvalue weighted by Crippen LogP contribution is -2.07. The highest BCUT2D eigenvalue weighted by Crippen LogP contribution is 2.21. The summed E-state index contributed by atoms with van der Waals surface area (Å²) in [5.74, 6) is 0.326. The maximum atomic E-state index is 12.3. The Balaban J connectivity index is 1.60. The standard InChI is InChI=1S/C21H21NO7S/c1-26-10-11-27-18-5-3-4-16(12-18)21(23)29-14-17-13-28-20(22-17)15-6-8-19(9-7-15)30(2,24)25/h3-9,12-13H,10-11,14H2,1-2H3. The van der Waals surface area contributed by atoms with Crippen LogP contribution in [0.3, 0.4) is 0 Å². The lowest BCUT2D eigenvalue weighted by atomic mass is 10.2. The number of nitrogens with zero attached hydrogens (tertiary/aromatic N) is 1. The third kappa shape index (κ3) is 5.68. The van der Waals surface area contributed by atoms with Crippen molar-refractivity contribution in [3.8, 4) is 17.2 Å². The molecule has 1 aromatic heterocycles. The molecule has 0 N–H and O–H groups in total. The average Bonchev–Trinajstić information content (AvgIpc) is 3.21. The Morgan fingerprint density at radius 2 is 1.87 bits per heavy atom. The van der Waals surface area contributed by atoms with Crippen LogP contribution in [0.4, 0.5) is 0 Å². The van der Waals surface area contributed by atoms with Gasteiger partial charge >= 0.3 is 5.97 Å². The molecule has 2 aromatic carbocycles. The van der Waals surface area contributed by atoms with Crippen molar-refractivity contribution in [2.24, 2.45) is 0 Å². The number of oxazole rings is 1. The van der Waals surface area contributed by atoms with E-state index in [1.165, 1.54) is 18.4 Å². The van der Waals surface area contributed by atoms with Crippen molar-refractivity contribution in [2.75, 3.05) is 26.6 Å². The van der Waals surface area contributed by atoms with Crippen LogP contribution in [0, 0.1) is 0 Å². The number of ether oxygens (including phenoxy) is 3. The molecule has 1 heterocycles. The summed E-state index contributed by atoms with van der Waals surface area (Å²) in [6.45, 7) is 0.751. The van der Waals surface area contributed by atoms with Crippen molar-refractivity contribution in [1.82, 2.24) is 4.98 Å². The molecule has 0 saturated carbocycles. The highest BCUT2D eigenvalue weighted by molar-refractivity contribution is 7.90. The van der Waals surface area contributed by atoms with E-state index < -0.39 is 15.8 Å². The predicted octanol–water partition coefficient (Wildman–Crippen LogP) is 3.13. The van der Waals surface area contributed by atoms with Gasteiger partial charge in [0.05, 0.1) is 17.1 Å². The van der Waals surface area contributed by atoms with E-state index in [4.69, 9.17) is 18.6 Å². The monoisotopic (exact) mass is 431 g/mol. The summed E-state index contributed by atoms with van der Waals surface area (Å²) in [4.78, 5) is 16.8. The zero-order valence-electron chi connectivity index (χ0n) is 16.5. The molecule has 158 valence electrons. The van der Waals surface area contributed by atoms with Crippen LogP contribution < -0.4 is 4.74 Å². The van der Waals surface area contributed by atoms with E-state index in [1.54, 1.807) is 43.5 Å². The second-order valence-electron chi connectivity index (χ2n) is 6.39. The van der Waals surface area contributed by atoms with Gasteiger partial charge in [0.1, 0.15) is 30.9 Å². The van der Waals surface area contributed by atoms with Gasteiger partial charge in [-0.3, -0.25) is 0 Å². The van der Waals surface area contributed by atoms with Crippen LogP contribution in [0.25, 0.3) is 11.5 Å². The van der Waals surface area contributed by atoms with Crippen LogP contribution in [0.15, 0.2) is 64.1 Å². The van der Waals surface area contributed by atoms with Crippen molar-refractivity contribution in [3.05, 3.63) is 66.1 Å². The Morgan fingerprint density at radius 3 is 2.57 bits per heavy atom. The topological polar surface area (TPSA) is 105 Å². The normalized spacial score (nSPS) is 11.3. The molecule has 0 aliphatic rings. The Hall–Kier alpha value is -3.17. The summed E-state index contributed by atoms with van der Waals surface area (Å²) in [6, 6.07) is 12.8. The van der Waals surface area contributed by atoms with Crippen molar-refractivity contribution in [3.63, 3.8) is 0 Å². The molecule has 0 aliphatic heterocycles. The summed E-state index contributed by atoms with van der Waals surface area (Å²) >= 11 is 0. The first-order valence-corrected chi connectivity index (χ1v) is 10.9.